The van der Waals surface area contributed by atoms with Crippen LogP contribution >= 0.6 is 15.9 Å². The number of nitrogens with zero attached hydrogens (tertiary/aromatic N) is 2. The van der Waals surface area contributed by atoms with E-state index in [-0.39, 0.29) is 0 Å². The van der Waals surface area contributed by atoms with Crippen molar-refractivity contribution in [1.29, 1.82) is 0 Å². The quantitative estimate of drug-likeness (QED) is 0.474. The molecule has 0 aliphatic carbocycles. The van der Waals surface area contributed by atoms with Crippen LogP contribution in [0, 0.1) is 0 Å². The molecular weight excluding hydrogens is 352 g/mol. The van der Waals surface area contributed by atoms with Crippen molar-refractivity contribution < 1.29 is 4.74 Å². The number of fused-ring (bicyclic) bond motifs is 1. The molecule has 0 aliphatic heterocycles. The van der Waals surface area contributed by atoms with Gasteiger partial charge in [-0.2, -0.15) is 5.10 Å². The van der Waals surface area contributed by atoms with Crippen molar-refractivity contribution >= 4 is 26.8 Å². The van der Waals surface area contributed by atoms with Gasteiger partial charge >= 0.3 is 0 Å². The van der Waals surface area contributed by atoms with Crippen LogP contribution in [-0.4, -0.2) is 9.78 Å². The van der Waals surface area contributed by atoms with Crippen LogP contribution in [0.15, 0.2) is 83.5 Å². The molecule has 4 rings (SSSR count). The summed E-state index contributed by atoms with van der Waals surface area (Å²) in [6.45, 7) is 0. The lowest BCUT2D eigenvalue weighted by atomic mass is 10.2. The zero-order chi connectivity index (χ0) is 15.6. The summed E-state index contributed by atoms with van der Waals surface area (Å²) in [6, 6.07) is 25.8. The van der Waals surface area contributed by atoms with Crippen LogP contribution < -0.4 is 4.74 Å². The highest BCUT2D eigenvalue weighted by molar-refractivity contribution is 9.10. The van der Waals surface area contributed by atoms with Gasteiger partial charge in [-0.1, -0.05) is 36.4 Å². The van der Waals surface area contributed by atoms with Gasteiger partial charge in [0.05, 0.1) is 11.2 Å². The van der Waals surface area contributed by atoms with Gasteiger partial charge in [-0.15, -0.1) is 0 Å². The predicted molar refractivity (Wildman–Crippen MR) is 95.3 cm³/mol. The molecule has 0 N–H and O–H groups in total. The van der Waals surface area contributed by atoms with Crippen molar-refractivity contribution in [2.45, 2.75) is 0 Å². The molecule has 0 spiro atoms. The Balaban J connectivity index is 1.67. The molecule has 4 heteroatoms. The van der Waals surface area contributed by atoms with Crippen LogP contribution in [0.2, 0.25) is 0 Å². The molecule has 1 aromatic heterocycles. The van der Waals surface area contributed by atoms with Gasteiger partial charge in [0.1, 0.15) is 16.1 Å². The highest BCUT2D eigenvalue weighted by Gasteiger charge is 2.09. The van der Waals surface area contributed by atoms with Crippen LogP contribution in [0.4, 0.5) is 0 Å². The van der Waals surface area contributed by atoms with Gasteiger partial charge in [0.25, 0.3) is 0 Å². The predicted octanol–water partition coefficient (Wildman–Crippen LogP) is 5.58. The Morgan fingerprint density at radius 2 is 1.39 bits per heavy atom. The number of benzene rings is 3. The number of hydrogen-bond acceptors (Lipinski definition) is 2. The number of rotatable bonds is 3. The van der Waals surface area contributed by atoms with Crippen molar-refractivity contribution in [1.82, 2.24) is 9.78 Å². The molecule has 0 saturated carbocycles. The van der Waals surface area contributed by atoms with Gasteiger partial charge in [0.2, 0.25) is 0 Å². The molecule has 3 nitrogen and oxygen atoms in total. The first-order valence-electron chi connectivity index (χ1n) is 7.28. The smallest absolute Gasteiger partial charge is 0.136 e. The number of halogens is 1. The van der Waals surface area contributed by atoms with E-state index in [2.05, 4.69) is 33.2 Å². The van der Waals surface area contributed by atoms with E-state index >= 15 is 0 Å². The van der Waals surface area contributed by atoms with E-state index in [1.807, 2.05) is 71.4 Å². The first-order valence-corrected chi connectivity index (χ1v) is 8.07. The summed E-state index contributed by atoms with van der Waals surface area (Å²) < 4.78 is 8.59. The molecule has 112 valence electrons. The Morgan fingerprint density at radius 3 is 2.17 bits per heavy atom. The molecule has 0 unspecified atom stereocenters. The normalized spacial score (nSPS) is 10.8. The summed E-state index contributed by atoms with van der Waals surface area (Å²) in [5.74, 6) is 1.63. The first kappa shape index (κ1) is 14.0. The molecule has 1 heterocycles. The van der Waals surface area contributed by atoms with Crippen molar-refractivity contribution in [3.63, 3.8) is 0 Å². The molecule has 0 saturated heterocycles. The van der Waals surface area contributed by atoms with Crippen LogP contribution in [0.5, 0.6) is 11.5 Å². The number of para-hydroxylation sites is 2. The number of aromatic nitrogens is 2. The van der Waals surface area contributed by atoms with E-state index in [0.717, 1.165) is 32.7 Å². The molecular formula is C19H13BrN2O. The van der Waals surface area contributed by atoms with Gasteiger partial charge < -0.3 is 4.74 Å². The number of ether oxygens (including phenoxy) is 1. The van der Waals surface area contributed by atoms with Crippen molar-refractivity contribution in [3.05, 3.63) is 83.5 Å². The standard InChI is InChI=1S/C19H13BrN2O/c20-19-17-8-4-5-9-18(17)22(21-19)14-10-12-16(13-11-14)23-15-6-2-1-3-7-15/h1-13H. The van der Waals surface area contributed by atoms with Crippen LogP contribution in [0.3, 0.4) is 0 Å². The lowest BCUT2D eigenvalue weighted by molar-refractivity contribution is 0.482. The lowest BCUT2D eigenvalue weighted by Crippen LogP contribution is -1.96. The average Bonchev–Trinajstić information content (AvgIpc) is 2.94. The SMILES string of the molecule is Brc1nn(-c2ccc(Oc3ccccc3)cc2)c2ccccc12. The Labute approximate surface area is 142 Å². The van der Waals surface area contributed by atoms with E-state index < -0.39 is 0 Å². The third-order valence-electron chi connectivity index (χ3n) is 3.60. The van der Waals surface area contributed by atoms with Gasteiger partial charge in [0.15, 0.2) is 0 Å². The van der Waals surface area contributed by atoms with Crippen LogP contribution in [0.1, 0.15) is 0 Å². The fraction of sp³-hybridized carbons (Fsp3) is 0. The molecule has 0 atom stereocenters. The van der Waals surface area contributed by atoms with Gasteiger partial charge in [-0.05, 0) is 58.4 Å². The second-order valence-corrected chi connectivity index (χ2v) is 5.88. The fourth-order valence-electron chi connectivity index (χ4n) is 2.51. The fourth-order valence-corrected chi connectivity index (χ4v) is 3.00. The monoisotopic (exact) mass is 364 g/mol. The van der Waals surface area contributed by atoms with E-state index in [0.29, 0.717) is 0 Å². The van der Waals surface area contributed by atoms with Crippen LogP contribution in [0.25, 0.3) is 16.6 Å². The van der Waals surface area contributed by atoms with Gasteiger partial charge in [0, 0.05) is 5.39 Å². The average molecular weight is 365 g/mol. The summed E-state index contributed by atoms with van der Waals surface area (Å²) in [5, 5.41) is 5.66. The van der Waals surface area contributed by atoms with Gasteiger partial charge in [-0.3, -0.25) is 0 Å². The van der Waals surface area contributed by atoms with Gasteiger partial charge in [-0.25, -0.2) is 4.68 Å². The third kappa shape index (κ3) is 2.73. The minimum absolute atomic E-state index is 0.801. The van der Waals surface area contributed by atoms with Crippen molar-refractivity contribution in [3.8, 4) is 17.2 Å². The van der Waals surface area contributed by atoms with E-state index in [1.165, 1.54) is 0 Å². The summed E-state index contributed by atoms with van der Waals surface area (Å²) in [4.78, 5) is 0. The first-order chi connectivity index (χ1) is 11.3. The Kier molecular flexibility index (Phi) is 3.60. The number of hydrogen-bond donors (Lipinski definition) is 0. The summed E-state index contributed by atoms with van der Waals surface area (Å²) >= 11 is 3.52. The second kappa shape index (κ2) is 5.89. The zero-order valence-corrected chi connectivity index (χ0v) is 13.8. The minimum atomic E-state index is 0.801. The molecule has 0 fully saturated rings. The van der Waals surface area contributed by atoms with E-state index in [9.17, 15) is 0 Å². The second-order valence-electron chi connectivity index (χ2n) is 5.13. The molecule has 3 aromatic carbocycles. The topological polar surface area (TPSA) is 27.1 Å². The summed E-state index contributed by atoms with van der Waals surface area (Å²) in [7, 11) is 0. The molecule has 0 amide bonds. The van der Waals surface area contributed by atoms with Crippen LogP contribution in [-0.2, 0) is 0 Å². The third-order valence-corrected chi connectivity index (χ3v) is 4.19. The molecule has 0 bridgehead atoms. The van der Waals surface area contributed by atoms with E-state index in [4.69, 9.17) is 4.74 Å². The minimum Gasteiger partial charge on any atom is -0.457 e. The highest BCUT2D eigenvalue weighted by atomic mass is 79.9. The largest absolute Gasteiger partial charge is 0.457 e. The Hall–Kier alpha value is -2.59. The van der Waals surface area contributed by atoms with E-state index in [1.54, 1.807) is 0 Å². The molecule has 23 heavy (non-hydrogen) atoms. The molecule has 0 aliphatic rings. The molecule has 4 aromatic rings. The Morgan fingerprint density at radius 1 is 0.739 bits per heavy atom. The maximum Gasteiger partial charge on any atom is 0.136 e. The summed E-state index contributed by atoms with van der Waals surface area (Å²) in [6.07, 6.45) is 0. The lowest BCUT2D eigenvalue weighted by Gasteiger charge is -2.07. The maximum atomic E-state index is 5.82. The van der Waals surface area contributed by atoms with Crippen molar-refractivity contribution in [2.75, 3.05) is 0 Å². The summed E-state index contributed by atoms with van der Waals surface area (Å²) in [5.41, 5.74) is 2.06. The molecule has 0 radical (unpaired) electrons. The highest BCUT2D eigenvalue weighted by Crippen LogP contribution is 2.27. The maximum absolute atomic E-state index is 5.82. The van der Waals surface area contributed by atoms with Crippen molar-refractivity contribution in [2.24, 2.45) is 0 Å². The Bertz CT molecular complexity index is 946. The zero-order valence-electron chi connectivity index (χ0n) is 12.2.